The molecule has 0 saturated carbocycles. The summed E-state index contributed by atoms with van der Waals surface area (Å²) in [7, 11) is 0. The summed E-state index contributed by atoms with van der Waals surface area (Å²) in [4.78, 5) is 22.9. The fourth-order valence-electron chi connectivity index (χ4n) is 2.98. The highest BCUT2D eigenvalue weighted by Gasteiger charge is 2.28. The zero-order valence-corrected chi connectivity index (χ0v) is 13.9. The van der Waals surface area contributed by atoms with Gasteiger partial charge in [0, 0.05) is 43.6 Å². The van der Waals surface area contributed by atoms with Crippen LogP contribution >= 0.6 is 11.6 Å². The molecule has 3 rings (SSSR count). The number of aryl methyl sites for hydroxylation is 1. The van der Waals surface area contributed by atoms with E-state index < -0.39 is 0 Å². The topological polar surface area (TPSA) is 63.9 Å². The third kappa shape index (κ3) is 3.52. The van der Waals surface area contributed by atoms with Crippen LogP contribution in [0, 0.1) is 0 Å². The van der Waals surface area contributed by atoms with Gasteiger partial charge in [0.25, 0.3) is 5.91 Å². The van der Waals surface area contributed by atoms with Crippen LogP contribution in [0.5, 0.6) is 0 Å². The van der Waals surface area contributed by atoms with Crippen LogP contribution in [0.1, 0.15) is 48.3 Å². The fourth-order valence-corrected chi connectivity index (χ4v) is 3.21. The zero-order chi connectivity index (χ0) is 16.2. The predicted molar refractivity (Wildman–Crippen MR) is 87.4 cm³/mol. The number of amides is 1. The third-order valence-electron chi connectivity index (χ3n) is 4.10. The van der Waals surface area contributed by atoms with Gasteiger partial charge in [0.15, 0.2) is 5.69 Å². The number of rotatable bonds is 4. The van der Waals surface area contributed by atoms with E-state index in [9.17, 15) is 4.79 Å². The van der Waals surface area contributed by atoms with Gasteiger partial charge in [-0.1, -0.05) is 18.5 Å². The highest BCUT2D eigenvalue weighted by atomic mass is 35.5. The average molecular weight is 334 g/mol. The van der Waals surface area contributed by atoms with Gasteiger partial charge >= 0.3 is 0 Å². The first-order valence-corrected chi connectivity index (χ1v) is 8.35. The summed E-state index contributed by atoms with van der Waals surface area (Å²) < 4.78 is 1.74. The standard InChI is InChI=1S/C16H20ClN5O/c1-2-7-22-10-13(17)15(20-22)16(23)21-8-3-4-12(9-21)14-5-6-18-11-19-14/h5-6,10-12H,2-4,7-9H2,1H3/t12-/m0/s1. The Kier molecular flexibility index (Phi) is 4.91. The van der Waals surface area contributed by atoms with Crippen molar-refractivity contribution < 1.29 is 4.79 Å². The third-order valence-corrected chi connectivity index (χ3v) is 4.38. The number of carbonyl (C=O) groups excluding carboxylic acids is 1. The Labute approximate surface area is 140 Å². The predicted octanol–water partition coefficient (Wildman–Crippen LogP) is 2.76. The molecular formula is C16H20ClN5O. The fraction of sp³-hybridized carbons (Fsp3) is 0.500. The molecule has 1 fully saturated rings. The highest BCUT2D eigenvalue weighted by molar-refractivity contribution is 6.33. The molecule has 1 aliphatic heterocycles. The van der Waals surface area contributed by atoms with Crippen LogP contribution in [0.3, 0.4) is 0 Å². The van der Waals surface area contributed by atoms with Gasteiger partial charge in [-0.3, -0.25) is 9.48 Å². The summed E-state index contributed by atoms with van der Waals surface area (Å²) in [6.07, 6.45) is 7.95. The minimum absolute atomic E-state index is 0.0939. The van der Waals surface area contributed by atoms with Gasteiger partial charge in [-0.25, -0.2) is 9.97 Å². The van der Waals surface area contributed by atoms with Crippen LogP contribution in [0.2, 0.25) is 5.02 Å². The molecule has 2 aromatic heterocycles. The smallest absolute Gasteiger partial charge is 0.275 e. The molecule has 122 valence electrons. The summed E-state index contributed by atoms with van der Waals surface area (Å²) in [6, 6.07) is 1.92. The number of hydrogen-bond acceptors (Lipinski definition) is 4. The van der Waals surface area contributed by atoms with Gasteiger partial charge in [-0.05, 0) is 25.3 Å². The zero-order valence-electron chi connectivity index (χ0n) is 13.2. The van der Waals surface area contributed by atoms with Crippen LogP contribution in [0.25, 0.3) is 0 Å². The summed E-state index contributed by atoms with van der Waals surface area (Å²) >= 11 is 6.20. The second-order valence-electron chi connectivity index (χ2n) is 5.81. The van der Waals surface area contributed by atoms with Gasteiger partial charge in [-0.15, -0.1) is 0 Å². The molecule has 1 amide bonds. The Morgan fingerprint density at radius 2 is 2.35 bits per heavy atom. The molecule has 0 N–H and O–H groups in total. The van der Waals surface area contributed by atoms with Crippen molar-refractivity contribution in [2.75, 3.05) is 13.1 Å². The maximum atomic E-state index is 12.7. The van der Waals surface area contributed by atoms with E-state index in [0.29, 0.717) is 17.3 Å². The lowest BCUT2D eigenvalue weighted by Gasteiger charge is -2.32. The van der Waals surface area contributed by atoms with Crippen molar-refractivity contribution in [2.24, 2.45) is 0 Å². The molecule has 7 heteroatoms. The first kappa shape index (κ1) is 15.9. The number of piperidine rings is 1. The molecule has 0 spiro atoms. The number of hydrogen-bond donors (Lipinski definition) is 0. The van der Waals surface area contributed by atoms with Crippen molar-refractivity contribution >= 4 is 17.5 Å². The maximum absolute atomic E-state index is 12.7. The van der Waals surface area contributed by atoms with Crippen molar-refractivity contribution in [3.8, 4) is 0 Å². The molecule has 6 nitrogen and oxygen atoms in total. The number of likely N-dealkylation sites (tertiary alicyclic amines) is 1. The Balaban J connectivity index is 1.74. The van der Waals surface area contributed by atoms with E-state index in [4.69, 9.17) is 11.6 Å². The second-order valence-corrected chi connectivity index (χ2v) is 6.22. The van der Waals surface area contributed by atoms with Gasteiger partial charge in [0.2, 0.25) is 0 Å². The second kappa shape index (κ2) is 7.08. The quantitative estimate of drug-likeness (QED) is 0.863. The van der Waals surface area contributed by atoms with E-state index in [2.05, 4.69) is 22.0 Å². The highest BCUT2D eigenvalue weighted by Crippen LogP contribution is 2.27. The SMILES string of the molecule is CCCn1cc(Cl)c(C(=O)N2CCC[C@H](c3ccncn3)C2)n1. The Morgan fingerprint density at radius 1 is 1.48 bits per heavy atom. The van der Waals surface area contributed by atoms with E-state index in [-0.39, 0.29) is 11.8 Å². The van der Waals surface area contributed by atoms with Crippen LogP contribution in [-0.4, -0.2) is 43.6 Å². The minimum atomic E-state index is -0.0939. The van der Waals surface area contributed by atoms with Gasteiger partial charge < -0.3 is 4.90 Å². The molecule has 0 unspecified atom stereocenters. The van der Waals surface area contributed by atoms with Crippen LogP contribution in [0.15, 0.2) is 24.8 Å². The van der Waals surface area contributed by atoms with Crippen molar-refractivity contribution in [1.29, 1.82) is 0 Å². The van der Waals surface area contributed by atoms with Gasteiger partial charge in [0.1, 0.15) is 6.33 Å². The largest absolute Gasteiger partial charge is 0.337 e. The van der Waals surface area contributed by atoms with Crippen molar-refractivity contribution in [1.82, 2.24) is 24.6 Å². The molecule has 0 aromatic carbocycles. The Hall–Kier alpha value is -1.95. The van der Waals surface area contributed by atoms with Crippen molar-refractivity contribution in [2.45, 2.75) is 38.6 Å². The molecule has 0 aliphatic carbocycles. The summed E-state index contributed by atoms with van der Waals surface area (Å²) in [5, 5.41) is 4.76. The van der Waals surface area contributed by atoms with Crippen molar-refractivity contribution in [3.63, 3.8) is 0 Å². The van der Waals surface area contributed by atoms with E-state index in [0.717, 1.165) is 38.0 Å². The van der Waals surface area contributed by atoms with Gasteiger partial charge in [0.05, 0.1) is 5.02 Å². The lowest BCUT2D eigenvalue weighted by atomic mass is 9.94. The van der Waals surface area contributed by atoms with Crippen molar-refractivity contribution in [3.05, 3.63) is 41.2 Å². The van der Waals surface area contributed by atoms with E-state index in [1.54, 1.807) is 23.4 Å². The minimum Gasteiger partial charge on any atom is -0.337 e. The molecule has 0 bridgehead atoms. The molecule has 0 radical (unpaired) electrons. The molecule has 23 heavy (non-hydrogen) atoms. The Bertz CT molecular complexity index is 672. The average Bonchev–Trinajstić information content (AvgIpc) is 2.96. The van der Waals surface area contributed by atoms with Crippen LogP contribution < -0.4 is 0 Å². The summed E-state index contributed by atoms with van der Waals surface area (Å²) in [5.74, 6) is 0.149. The molecule has 1 atom stereocenters. The lowest BCUT2D eigenvalue weighted by molar-refractivity contribution is 0.0699. The number of aromatic nitrogens is 4. The summed E-state index contributed by atoms with van der Waals surface area (Å²) in [5.41, 5.74) is 1.34. The maximum Gasteiger partial charge on any atom is 0.275 e. The van der Waals surface area contributed by atoms with E-state index >= 15 is 0 Å². The molecule has 2 aromatic rings. The Morgan fingerprint density at radius 3 is 3.09 bits per heavy atom. The lowest BCUT2D eigenvalue weighted by Crippen LogP contribution is -2.39. The van der Waals surface area contributed by atoms with Crippen LogP contribution in [-0.2, 0) is 6.54 Å². The van der Waals surface area contributed by atoms with Crippen LogP contribution in [0.4, 0.5) is 0 Å². The molecule has 1 saturated heterocycles. The number of nitrogens with zero attached hydrogens (tertiary/aromatic N) is 5. The molecular weight excluding hydrogens is 314 g/mol. The normalized spacial score (nSPS) is 18.2. The van der Waals surface area contributed by atoms with E-state index in [1.165, 1.54) is 0 Å². The van der Waals surface area contributed by atoms with Gasteiger partial charge in [-0.2, -0.15) is 5.10 Å². The number of halogens is 1. The number of carbonyl (C=O) groups is 1. The van der Waals surface area contributed by atoms with E-state index in [1.807, 2.05) is 11.0 Å². The monoisotopic (exact) mass is 333 g/mol. The molecule has 1 aliphatic rings. The molecule has 3 heterocycles. The summed E-state index contributed by atoms with van der Waals surface area (Å²) in [6.45, 7) is 4.20. The first-order valence-electron chi connectivity index (χ1n) is 7.97. The first-order chi connectivity index (χ1) is 11.2.